The van der Waals surface area contributed by atoms with Gasteiger partial charge in [0.25, 0.3) is 0 Å². The second-order valence-electron chi connectivity index (χ2n) is 9.73. The minimum atomic E-state index is -0.532. The summed E-state index contributed by atoms with van der Waals surface area (Å²) >= 11 is 0. The van der Waals surface area contributed by atoms with Crippen molar-refractivity contribution in [1.29, 1.82) is 0 Å². The number of aryl methyl sites for hydroxylation is 1. The number of benzene rings is 2. The fraction of sp³-hybridized carbons (Fsp3) is 0.300. The molecule has 2 aromatic carbocycles. The minimum absolute atomic E-state index is 0.0880. The molecule has 2 aliphatic rings. The van der Waals surface area contributed by atoms with Crippen LogP contribution in [-0.4, -0.2) is 49.2 Å². The molecule has 7 nitrogen and oxygen atoms in total. The first kappa shape index (κ1) is 24.3. The molecule has 1 atom stereocenters. The van der Waals surface area contributed by atoms with E-state index in [0.717, 1.165) is 64.0 Å². The zero-order valence-electron chi connectivity index (χ0n) is 21.6. The standard InChI is InChI=1S/C30H28FN3O4/c1-17-11-21(6-8-24(17)31)34-26-13-20-15-32-14-19(20)12-23(26)27(28(34)18-5-4-10-38-16-18)22-7-9-25(30(35)37-3)33-29(22)36-2/h6-9,11-13,15,18H,4-5,10,14,16H2,1-3H3. The van der Waals surface area contributed by atoms with Crippen molar-refractivity contribution in [3.8, 4) is 22.7 Å². The highest BCUT2D eigenvalue weighted by molar-refractivity contribution is 6.04. The van der Waals surface area contributed by atoms with E-state index < -0.39 is 5.97 Å². The number of carbonyl (C=O) groups excluding carboxylic acids is 1. The number of fused-ring (bicyclic) bond motifs is 2. The summed E-state index contributed by atoms with van der Waals surface area (Å²) in [6, 6.07) is 13.1. The largest absolute Gasteiger partial charge is 0.481 e. The lowest BCUT2D eigenvalue weighted by Crippen LogP contribution is -2.19. The fourth-order valence-electron chi connectivity index (χ4n) is 5.59. The Morgan fingerprint density at radius 2 is 2.03 bits per heavy atom. The first-order valence-electron chi connectivity index (χ1n) is 12.7. The van der Waals surface area contributed by atoms with Crippen LogP contribution in [0.15, 0.2) is 47.5 Å². The summed E-state index contributed by atoms with van der Waals surface area (Å²) in [5.74, 6) is -0.359. The van der Waals surface area contributed by atoms with Gasteiger partial charge in [0.2, 0.25) is 5.88 Å². The number of halogens is 1. The average Bonchev–Trinajstić information content (AvgIpc) is 3.54. The molecule has 0 saturated carbocycles. The molecular formula is C30H28FN3O4. The van der Waals surface area contributed by atoms with Crippen molar-refractivity contribution in [2.75, 3.05) is 27.4 Å². The lowest BCUT2D eigenvalue weighted by molar-refractivity contribution is 0.0593. The van der Waals surface area contributed by atoms with Crippen LogP contribution in [0.1, 0.15) is 51.6 Å². The van der Waals surface area contributed by atoms with Crippen LogP contribution in [0.4, 0.5) is 4.39 Å². The van der Waals surface area contributed by atoms with E-state index in [4.69, 9.17) is 14.2 Å². The number of hydrogen-bond acceptors (Lipinski definition) is 6. The molecule has 1 unspecified atom stereocenters. The van der Waals surface area contributed by atoms with Gasteiger partial charge in [0, 0.05) is 46.6 Å². The molecular weight excluding hydrogens is 485 g/mol. The van der Waals surface area contributed by atoms with Crippen LogP contribution in [0.2, 0.25) is 0 Å². The Hall–Kier alpha value is -4.04. The summed E-state index contributed by atoms with van der Waals surface area (Å²) in [5.41, 5.74) is 7.58. The third-order valence-electron chi connectivity index (χ3n) is 7.42. The van der Waals surface area contributed by atoms with E-state index in [-0.39, 0.29) is 17.4 Å². The molecule has 4 aromatic rings. The molecule has 2 aromatic heterocycles. The maximum absolute atomic E-state index is 14.4. The molecule has 0 aliphatic carbocycles. The van der Waals surface area contributed by atoms with Crippen molar-refractivity contribution in [3.63, 3.8) is 0 Å². The first-order chi connectivity index (χ1) is 18.5. The molecule has 6 rings (SSSR count). The highest BCUT2D eigenvalue weighted by Crippen LogP contribution is 2.46. The number of rotatable bonds is 5. The molecule has 0 spiro atoms. The number of nitrogens with zero attached hydrogens (tertiary/aromatic N) is 3. The Morgan fingerprint density at radius 3 is 2.76 bits per heavy atom. The normalized spacial score (nSPS) is 16.6. The van der Waals surface area contributed by atoms with E-state index in [0.29, 0.717) is 24.6 Å². The van der Waals surface area contributed by atoms with Crippen LogP contribution < -0.4 is 4.74 Å². The van der Waals surface area contributed by atoms with E-state index >= 15 is 0 Å². The molecule has 0 bridgehead atoms. The predicted molar refractivity (Wildman–Crippen MR) is 143 cm³/mol. The summed E-state index contributed by atoms with van der Waals surface area (Å²) in [6.45, 7) is 3.69. The molecule has 0 radical (unpaired) electrons. The molecule has 1 fully saturated rings. The molecule has 2 aliphatic heterocycles. The van der Waals surface area contributed by atoms with Crippen molar-refractivity contribution < 1.29 is 23.4 Å². The van der Waals surface area contributed by atoms with E-state index in [1.807, 2.05) is 24.4 Å². The van der Waals surface area contributed by atoms with Gasteiger partial charge in [-0.25, -0.2) is 14.2 Å². The summed E-state index contributed by atoms with van der Waals surface area (Å²) in [5, 5.41) is 1.02. The fourth-order valence-corrected chi connectivity index (χ4v) is 5.59. The lowest BCUT2D eigenvalue weighted by atomic mass is 9.91. The van der Waals surface area contributed by atoms with Gasteiger partial charge >= 0.3 is 5.97 Å². The Kier molecular flexibility index (Phi) is 6.19. The van der Waals surface area contributed by atoms with Gasteiger partial charge in [-0.05, 0) is 78.9 Å². The van der Waals surface area contributed by atoms with Gasteiger partial charge in [0.1, 0.15) is 5.82 Å². The Morgan fingerprint density at radius 1 is 1.16 bits per heavy atom. The van der Waals surface area contributed by atoms with Crippen LogP contribution >= 0.6 is 0 Å². The van der Waals surface area contributed by atoms with Crippen LogP contribution in [-0.2, 0) is 16.0 Å². The zero-order chi connectivity index (χ0) is 26.4. The van der Waals surface area contributed by atoms with Crippen molar-refractivity contribution in [3.05, 3.63) is 76.4 Å². The van der Waals surface area contributed by atoms with Gasteiger partial charge in [-0.3, -0.25) is 4.99 Å². The molecule has 0 N–H and O–H groups in total. The van der Waals surface area contributed by atoms with E-state index in [1.54, 1.807) is 20.1 Å². The van der Waals surface area contributed by atoms with Gasteiger partial charge in [0.05, 0.1) is 32.9 Å². The SMILES string of the molecule is COC(=O)c1ccc(-c2c(C3CCCOC3)n(-c3ccc(F)c(C)c3)c3cc4c(cc23)CN=C4)c(OC)n1. The van der Waals surface area contributed by atoms with Gasteiger partial charge in [-0.1, -0.05) is 0 Å². The lowest BCUT2D eigenvalue weighted by Gasteiger charge is -2.26. The summed E-state index contributed by atoms with van der Waals surface area (Å²) in [4.78, 5) is 21.2. The number of hydrogen-bond donors (Lipinski definition) is 0. The monoisotopic (exact) mass is 513 g/mol. The van der Waals surface area contributed by atoms with Crippen molar-refractivity contribution >= 4 is 23.1 Å². The summed E-state index contributed by atoms with van der Waals surface area (Å²) in [6.07, 6.45) is 3.78. The maximum atomic E-state index is 14.4. The van der Waals surface area contributed by atoms with Gasteiger partial charge < -0.3 is 18.8 Å². The number of aliphatic imine (C=N–C) groups is 1. The van der Waals surface area contributed by atoms with Gasteiger partial charge in [0.15, 0.2) is 5.69 Å². The van der Waals surface area contributed by atoms with Crippen LogP contribution in [0, 0.1) is 12.7 Å². The number of carbonyl (C=O) groups is 1. The van der Waals surface area contributed by atoms with Crippen molar-refractivity contribution in [1.82, 2.24) is 9.55 Å². The third-order valence-corrected chi connectivity index (χ3v) is 7.42. The number of methoxy groups -OCH3 is 2. The Labute approximate surface area is 219 Å². The minimum Gasteiger partial charge on any atom is -0.481 e. The number of esters is 1. The summed E-state index contributed by atoms with van der Waals surface area (Å²) < 4.78 is 33.1. The highest BCUT2D eigenvalue weighted by atomic mass is 19.1. The van der Waals surface area contributed by atoms with Crippen LogP contribution in [0.5, 0.6) is 5.88 Å². The Bertz CT molecular complexity index is 1600. The number of pyridine rings is 1. The van der Waals surface area contributed by atoms with Crippen LogP contribution in [0.25, 0.3) is 27.7 Å². The molecule has 38 heavy (non-hydrogen) atoms. The van der Waals surface area contributed by atoms with Gasteiger partial charge in [-0.15, -0.1) is 0 Å². The molecule has 194 valence electrons. The maximum Gasteiger partial charge on any atom is 0.356 e. The molecule has 0 amide bonds. The van der Waals surface area contributed by atoms with Gasteiger partial charge in [-0.2, -0.15) is 0 Å². The molecule has 8 heteroatoms. The van der Waals surface area contributed by atoms with E-state index in [2.05, 4.69) is 26.7 Å². The quantitative estimate of drug-likeness (QED) is 0.317. The summed E-state index contributed by atoms with van der Waals surface area (Å²) in [7, 11) is 2.87. The third kappa shape index (κ3) is 3.96. The second kappa shape index (κ2) is 9.68. The van der Waals surface area contributed by atoms with Crippen molar-refractivity contribution in [2.45, 2.75) is 32.2 Å². The highest BCUT2D eigenvalue weighted by Gasteiger charge is 2.31. The Balaban J connectivity index is 1.72. The topological polar surface area (TPSA) is 74.9 Å². The number of aromatic nitrogens is 2. The second-order valence-corrected chi connectivity index (χ2v) is 9.73. The average molecular weight is 514 g/mol. The van der Waals surface area contributed by atoms with Crippen molar-refractivity contribution in [2.24, 2.45) is 4.99 Å². The smallest absolute Gasteiger partial charge is 0.356 e. The predicted octanol–water partition coefficient (Wildman–Crippen LogP) is 5.76. The number of ether oxygens (including phenoxy) is 3. The molecule has 4 heterocycles. The van der Waals surface area contributed by atoms with Crippen LogP contribution in [0.3, 0.4) is 0 Å². The van der Waals surface area contributed by atoms with E-state index in [9.17, 15) is 9.18 Å². The molecule has 1 saturated heterocycles. The zero-order valence-corrected chi connectivity index (χ0v) is 21.6. The van der Waals surface area contributed by atoms with E-state index in [1.165, 1.54) is 13.2 Å². The first-order valence-corrected chi connectivity index (χ1v) is 12.7.